The van der Waals surface area contributed by atoms with Crippen LogP contribution in [0.25, 0.3) is 16.8 Å². The Balaban J connectivity index is 1.58. The molecule has 2 aromatic heterocycles. The Morgan fingerprint density at radius 1 is 0.968 bits per heavy atom. The van der Waals surface area contributed by atoms with E-state index in [2.05, 4.69) is 44.1 Å². The molecule has 0 aliphatic carbocycles. The highest BCUT2D eigenvalue weighted by Gasteiger charge is 2.13. The summed E-state index contributed by atoms with van der Waals surface area (Å²) in [5.74, 6) is 0.215. The lowest BCUT2D eigenvalue weighted by atomic mass is 10.0. The van der Waals surface area contributed by atoms with Gasteiger partial charge in [-0.25, -0.2) is 0 Å². The number of hydrogen-bond acceptors (Lipinski definition) is 4. The zero-order valence-electron chi connectivity index (χ0n) is 17.5. The van der Waals surface area contributed by atoms with E-state index in [-0.39, 0.29) is 5.75 Å². The molecule has 160 valence electrons. The number of para-hydroxylation sites is 1. The minimum Gasteiger partial charge on any atom is -0.435 e. The van der Waals surface area contributed by atoms with Crippen LogP contribution in [-0.4, -0.2) is 40.2 Å². The maximum Gasteiger partial charge on any atom is 0.387 e. The van der Waals surface area contributed by atoms with E-state index in [0.717, 1.165) is 34.6 Å². The highest BCUT2D eigenvalue weighted by atomic mass is 19.3. The standard InChI is InChI=1S/C24H24F2N4O/c1-29(2)15-17-7-9-18(10-8-17)21-14-13-20(30-16-27-28-23(21)30)12-11-19-5-3-4-6-22(19)31-24(25)26/h3-10,13-14,16,24H,11-12,15H2,1-2H3. The summed E-state index contributed by atoms with van der Waals surface area (Å²) in [4.78, 5) is 2.13. The molecule has 0 N–H and O–H groups in total. The van der Waals surface area contributed by atoms with E-state index in [0.29, 0.717) is 12.8 Å². The van der Waals surface area contributed by atoms with Crippen molar-refractivity contribution in [2.75, 3.05) is 14.1 Å². The highest BCUT2D eigenvalue weighted by molar-refractivity contribution is 5.77. The van der Waals surface area contributed by atoms with E-state index in [1.165, 1.54) is 5.56 Å². The molecule has 2 aromatic carbocycles. The van der Waals surface area contributed by atoms with Crippen LogP contribution < -0.4 is 4.74 Å². The van der Waals surface area contributed by atoms with Crippen LogP contribution in [0.4, 0.5) is 8.78 Å². The second kappa shape index (κ2) is 9.22. The highest BCUT2D eigenvalue weighted by Crippen LogP contribution is 2.27. The van der Waals surface area contributed by atoms with Crippen molar-refractivity contribution in [1.29, 1.82) is 0 Å². The van der Waals surface area contributed by atoms with Crippen molar-refractivity contribution < 1.29 is 13.5 Å². The van der Waals surface area contributed by atoms with Gasteiger partial charge in [-0.3, -0.25) is 4.40 Å². The minimum absolute atomic E-state index is 0.215. The van der Waals surface area contributed by atoms with Gasteiger partial charge in [0.25, 0.3) is 0 Å². The number of hydrogen-bond donors (Lipinski definition) is 0. The van der Waals surface area contributed by atoms with E-state index < -0.39 is 6.61 Å². The minimum atomic E-state index is -2.84. The van der Waals surface area contributed by atoms with Gasteiger partial charge in [-0.05, 0) is 61.8 Å². The summed E-state index contributed by atoms with van der Waals surface area (Å²) in [6.45, 7) is -1.95. The van der Waals surface area contributed by atoms with Gasteiger partial charge in [-0.15, -0.1) is 10.2 Å². The summed E-state index contributed by atoms with van der Waals surface area (Å²) in [6.07, 6.45) is 2.89. The summed E-state index contributed by atoms with van der Waals surface area (Å²) in [5.41, 5.74) is 5.83. The molecule has 4 aromatic rings. The van der Waals surface area contributed by atoms with E-state index in [1.807, 2.05) is 42.8 Å². The lowest BCUT2D eigenvalue weighted by Gasteiger charge is -2.13. The molecule has 5 nitrogen and oxygen atoms in total. The normalized spacial score (nSPS) is 11.5. The lowest BCUT2D eigenvalue weighted by molar-refractivity contribution is -0.0504. The Morgan fingerprint density at radius 2 is 1.74 bits per heavy atom. The third-order valence-electron chi connectivity index (χ3n) is 5.14. The summed E-state index contributed by atoms with van der Waals surface area (Å²) in [6, 6.07) is 19.4. The monoisotopic (exact) mass is 422 g/mol. The number of ether oxygens (including phenoxy) is 1. The van der Waals surface area contributed by atoms with Gasteiger partial charge in [0.2, 0.25) is 0 Å². The van der Waals surface area contributed by atoms with Gasteiger partial charge in [-0.2, -0.15) is 8.78 Å². The van der Waals surface area contributed by atoms with Gasteiger partial charge in [-0.1, -0.05) is 42.5 Å². The predicted molar refractivity (Wildman–Crippen MR) is 116 cm³/mol. The molecule has 0 saturated carbocycles. The van der Waals surface area contributed by atoms with Crippen molar-refractivity contribution in [3.8, 4) is 16.9 Å². The molecule has 0 aliphatic heterocycles. The molecule has 0 unspecified atom stereocenters. The molecular formula is C24H24F2N4O. The summed E-state index contributed by atoms with van der Waals surface area (Å²) < 4.78 is 32.0. The number of aromatic nitrogens is 3. The van der Waals surface area contributed by atoms with Crippen LogP contribution in [0.15, 0.2) is 67.0 Å². The molecule has 4 rings (SSSR count). The van der Waals surface area contributed by atoms with Crippen molar-refractivity contribution in [2.45, 2.75) is 26.0 Å². The third-order valence-corrected chi connectivity index (χ3v) is 5.14. The Labute approximate surface area is 179 Å². The fourth-order valence-electron chi connectivity index (χ4n) is 3.73. The van der Waals surface area contributed by atoms with Crippen LogP contribution in [0.2, 0.25) is 0 Å². The average Bonchev–Trinajstić information content (AvgIpc) is 3.23. The Bertz CT molecular complexity index is 1160. The van der Waals surface area contributed by atoms with Gasteiger partial charge in [0.15, 0.2) is 5.65 Å². The molecule has 7 heteroatoms. The molecule has 2 heterocycles. The Kier molecular flexibility index (Phi) is 6.23. The van der Waals surface area contributed by atoms with Crippen molar-refractivity contribution in [2.24, 2.45) is 0 Å². The molecule has 0 saturated heterocycles. The first kappa shape index (κ1) is 20.9. The maximum atomic E-state index is 12.7. The maximum absolute atomic E-state index is 12.7. The molecule has 0 atom stereocenters. The van der Waals surface area contributed by atoms with Crippen LogP contribution in [0.5, 0.6) is 5.75 Å². The fourth-order valence-corrected chi connectivity index (χ4v) is 3.73. The Hall–Kier alpha value is -3.32. The first-order chi connectivity index (χ1) is 15.0. The van der Waals surface area contributed by atoms with Crippen molar-refractivity contribution in [3.63, 3.8) is 0 Å². The van der Waals surface area contributed by atoms with Crippen LogP contribution >= 0.6 is 0 Å². The number of alkyl halides is 2. The first-order valence-electron chi connectivity index (χ1n) is 10.1. The van der Waals surface area contributed by atoms with Gasteiger partial charge < -0.3 is 9.64 Å². The number of nitrogens with zero attached hydrogens (tertiary/aromatic N) is 4. The molecule has 0 spiro atoms. The third kappa shape index (κ3) is 4.88. The van der Waals surface area contributed by atoms with Gasteiger partial charge in [0.05, 0.1) is 0 Å². The van der Waals surface area contributed by atoms with Crippen molar-refractivity contribution in [3.05, 3.63) is 83.8 Å². The largest absolute Gasteiger partial charge is 0.435 e. The van der Waals surface area contributed by atoms with E-state index in [4.69, 9.17) is 0 Å². The van der Waals surface area contributed by atoms with Crippen LogP contribution in [0.3, 0.4) is 0 Å². The van der Waals surface area contributed by atoms with Crippen LogP contribution in [0.1, 0.15) is 16.8 Å². The molecule has 0 fully saturated rings. The summed E-state index contributed by atoms with van der Waals surface area (Å²) >= 11 is 0. The summed E-state index contributed by atoms with van der Waals surface area (Å²) in [5, 5.41) is 8.42. The SMILES string of the molecule is CN(C)Cc1ccc(-c2ccc(CCc3ccccc3OC(F)F)n3cnnc23)cc1. The first-order valence-corrected chi connectivity index (χ1v) is 10.1. The van der Waals surface area contributed by atoms with E-state index >= 15 is 0 Å². The zero-order chi connectivity index (χ0) is 21.8. The number of fused-ring (bicyclic) bond motifs is 1. The van der Waals surface area contributed by atoms with E-state index in [9.17, 15) is 8.78 Å². The topological polar surface area (TPSA) is 42.7 Å². The molecule has 0 amide bonds. The summed E-state index contributed by atoms with van der Waals surface area (Å²) in [7, 11) is 4.09. The Morgan fingerprint density at radius 3 is 2.48 bits per heavy atom. The predicted octanol–water partition coefficient (Wildman–Crippen LogP) is 4.84. The molecule has 0 bridgehead atoms. The number of benzene rings is 2. The average molecular weight is 422 g/mol. The second-order valence-electron chi connectivity index (χ2n) is 7.68. The molecule has 31 heavy (non-hydrogen) atoms. The lowest BCUT2D eigenvalue weighted by Crippen LogP contribution is -2.10. The number of halogens is 2. The number of aryl methyl sites for hydroxylation is 2. The smallest absolute Gasteiger partial charge is 0.387 e. The number of pyridine rings is 1. The van der Waals surface area contributed by atoms with Gasteiger partial charge in [0.1, 0.15) is 12.1 Å². The molecule has 0 aliphatic rings. The van der Waals surface area contributed by atoms with Gasteiger partial charge >= 0.3 is 6.61 Å². The molecule has 0 radical (unpaired) electrons. The quantitative estimate of drug-likeness (QED) is 0.407. The van der Waals surface area contributed by atoms with Crippen molar-refractivity contribution in [1.82, 2.24) is 19.5 Å². The van der Waals surface area contributed by atoms with Crippen LogP contribution in [-0.2, 0) is 19.4 Å². The number of rotatable bonds is 8. The zero-order valence-corrected chi connectivity index (χ0v) is 17.5. The molecular weight excluding hydrogens is 398 g/mol. The second-order valence-corrected chi connectivity index (χ2v) is 7.68. The fraction of sp³-hybridized carbons (Fsp3) is 0.250. The van der Waals surface area contributed by atoms with Crippen LogP contribution in [0, 0.1) is 0 Å². The van der Waals surface area contributed by atoms with Gasteiger partial charge in [0, 0.05) is 17.8 Å². The van der Waals surface area contributed by atoms with E-state index in [1.54, 1.807) is 18.5 Å². The van der Waals surface area contributed by atoms with Crippen molar-refractivity contribution >= 4 is 5.65 Å².